The first-order valence-corrected chi connectivity index (χ1v) is 15.3. The minimum absolute atomic E-state index is 0.0537. The average Bonchev–Trinajstić information content (AvgIpc) is 3.27. The van der Waals surface area contributed by atoms with Crippen LogP contribution in [0.25, 0.3) is 11.4 Å². The van der Waals surface area contributed by atoms with Crippen LogP contribution in [0.2, 0.25) is 5.02 Å². The summed E-state index contributed by atoms with van der Waals surface area (Å²) < 4.78 is 5.43. The highest BCUT2D eigenvalue weighted by molar-refractivity contribution is 6.30. The van der Waals surface area contributed by atoms with Crippen molar-refractivity contribution in [2.45, 2.75) is 95.0 Å². The van der Waals surface area contributed by atoms with Gasteiger partial charge in [0, 0.05) is 29.5 Å². The molecule has 44 heavy (non-hydrogen) atoms. The standard InChI is InChI=1S/C30H38ClN7O6/c1-29(2,3)44-28(43)32-22-13-8-6-4-5-7-11-19-16-30(19,27(41)42)33-25(39)23-15-21(17-37(23)26(22)40)38-35-24(34-36-38)18-10-9-12-20(31)14-18/h7,9-12,14,19,21-23H,4-6,8,13,15-17H2,1-3H3,(H,32,43)(H,33,39)(H,41,42)/b11-7-/t19?,21-,22?,23?,30?/m1/s1. The van der Waals surface area contributed by atoms with Gasteiger partial charge in [-0.2, -0.15) is 4.80 Å². The fourth-order valence-electron chi connectivity index (χ4n) is 5.82. The summed E-state index contributed by atoms with van der Waals surface area (Å²) in [4.78, 5) is 55.8. The highest BCUT2D eigenvalue weighted by Crippen LogP contribution is 2.45. The van der Waals surface area contributed by atoms with Gasteiger partial charge in [0.05, 0.1) is 6.04 Å². The lowest BCUT2D eigenvalue weighted by Gasteiger charge is -2.30. The van der Waals surface area contributed by atoms with Crippen molar-refractivity contribution in [2.24, 2.45) is 5.92 Å². The SMILES string of the molecule is CC(C)(C)OC(=O)NC1CCCCC/C=C\C2CC2(C(=O)O)NC(=O)C2C[C@@H](n3nnc(-c4cccc(Cl)c4)n3)CN2C1=O. The number of nitrogens with one attached hydrogen (secondary N) is 2. The fraction of sp³-hybridized carbons (Fsp3) is 0.567. The number of tetrazole rings is 1. The van der Waals surface area contributed by atoms with E-state index >= 15 is 0 Å². The van der Waals surface area contributed by atoms with Gasteiger partial charge in [0.1, 0.15) is 23.2 Å². The molecule has 1 aliphatic carbocycles. The summed E-state index contributed by atoms with van der Waals surface area (Å²) in [6.07, 6.45) is 6.86. The normalized spacial score (nSPS) is 28.5. The van der Waals surface area contributed by atoms with Crippen LogP contribution in [-0.2, 0) is 19.1 Å². The molecule has 1 saturated heterocycles. The maximum Gasteiger partial charge on any atom is 0.408 e. The number of rotatable bonds is 4. The van der Waals surface area contributed by atoms with E-state index in [4.69, 9.17) is 16.3 Å². The molecule has 14 heteroatoms. The van der Waals surface area contributed by atoms with Crippen LogP contribution < -0.4 is 10.6 Å². The van der Waals surface area contributed by atoms with Crippen LogP contribution >= 0.6 is 11.6 Å². The molecule has 3 amide bonds. The second kappa shape index (κ2) is 12.5. The second-order valence-corrected chi connectivity index (χ2v) is 13.1. The lowest BCUT2D eigenvalue weighted by Crippen LogP contribution is -2.56. The summed E-state index contributed by atoms with van der Waals surface area (Å²) in [5.74, 6) is -2.17. The Bertz CT molecular complexity index is 1460. The summed E-state index contributed by atoms with van der Waals surface area (Å²) in [6, 6.07) is 4.48. The van der Waals surface area contributed by atoms with E-state index in [1.807, 2.05) is 12.2 Å². The van der Waals surface area contributed by atoms with Gasteiger partial charge in [0.2, 0.25) is 17.6 Å². The molecule has 2 fully saturated rings. The number of amides is 3. The summed E-state index contributed by atoms with van der Waals surface area (Å²) in [6.45, 7) is 5.25. The minimum atomic E-state index is -1.43. The van der Waals surface area contributed by atoms with Gasteiger partial charge in [-0.25, -0.2) is 9.59 Å². The van der Waals surface area contributed by atoms with Crippen molar-refractivity contribution in [3.63, 3.8) is 0 Å². The van der Waals surface area contributed by atoms with Crippen LogP contribution in [-0.4, -0.2) is 83.9 Å². The van der Waals surface area contributed by atoms with E-state index in [1.54, 1.807) is 45.0 Å². The van der Waals surface area contributed by atoms with E-state index < -0.39 is 53.1 Å². The maximum atomic E-state index is 14.1. The van der Waals surface area contributed by atoms with Crippen molar-refractivity contribution in [3.8, 4) is 11.4 Å². The van der Waals surface area contributed by atoms with Crippen LogP contribution in [0.1, 0.15) is 71.8 Å². The van der Waals surface area contributed by atoms with Gasteiger partial charge in [0.15, 0.2) is 0 Å². The Morgan fingerprint density at radius 1 is 1.20 bits per heavy atom. The first-order chi connectivity index (χ1) is 20.9. The van der Waals surface area contributed by atoms with Gasteiger partial charge >= 0.3 is 12.1 Å². The van der Waals surface area contributed by atoms with E-state index in [0.29, 0.717) is 29.3 Å². The maximum absolute atomic E-state index is 14.1. The summed E-state index contributed by atoms with van der Waals surface area (Å²) in [5.41, 5.74) is -1.55. The molecule has 5 rings (SSSR count). The molecular formula is C30H38ClN7O6. The Hall–Kier alpha value is -4.00. The summed E-state index contributed by atoms with van der Waals surface area (Å²) >= 11 is 6.13. The molecule has 0 radical (unpaired) electrons. The quantitative estimate of drug-likeness (QED) is 0.429. The van der Waals surface area contributed by atoms with Crippen LogP contribution in [0.3, 0.4) is 0 Å². The van der Waals surface area contributed by atoms with E-state index in [2.05, 4.69) is 26.0 Å². The van der Waals surface area contributed by atoms with E-state index in [1.165, 1.54) is 9.70 Å². The Balaban J connectivity index is 1.44. The number of carboxylic acids is 1. The van der Waals surface area contributed by atoms with E-state index in [0.717, 1.165) is 19.3 Å². The number of allylic oxidation sites excluding steroid dienone is 1. The smallest absolute Gasteiger partial charge is 0.408 e. The number of carbonyl (C=O) groups is 4. The third kappa shape index (κ3) is 7.03. The number of benzene rings is 1. The summed E-state index contributed by atoms with van der Waals surface area (Å²) in [7, 11) is 0. The number of halogens is 1. The van der Waals surface area contributed by atoms with Crippen molar-refractivity contribution in [2.75, 3.05) is 6.54 Å². The molecule has 0 bridgehead atoms. The molecule has 2 aliphatic heterocycles. The van der Waals surface area contributed by atoms with Crippen LogP contribution in [0.15, 0.2) is 36.4 Å². The molecule has 3 aliphatic rings. The Morgan fingerprint density at radius 3 is 2.73 bits per heavy atom. The first kappa shape index (κ1) is 31.4. The molecule has 13 nitrogen and oxygen atoms in total. The zero-order chi connectivity index (χ0) is 31.6. The number of fused-ring (bicyclic) bond motifs is 2. The third-order valence-electron chi connectivity index (χ3n) is 8.17. The van der Waals surface area contributed by atoms with Gasteiger partial charge in [-0.3, -0.25) is 9.59 Å². The molecule has 236 valence electrons. The first-order valence-electron chi connectivity index (χ1n) is 14.9. The van der Waals surface area contributed by atoms with E-state index in [-0.39, 0.29) is 25.3 Å². The molecule has 2 aromatic rings. The number of aromatic nitrogens is 4. The van der Waals surface area contributed by atoms with Crippen molar-refractivity contribution in [1.82, 2.24) is 35.7 Å². The number of alkyl carbamates (subject to hydrolysis) is 1. The lowest BCUT2D eigenvalue weighted by molar-refractivity contribution is -0.145. The number of nitrogens with zero attached hydrogens (tertiary/aromatic N) is 5. The Kier molecular flexibility index (Phi) is 8.96. The van der Waals surface area contributed by atoms with E-state index in [9.17, 15) is 24.3 Å². The fourth-order valence-corrected chi connectivity index (χ4v) is 6.01. The molecular weight excluding hydrogens is 590 g/mol. The van der Waals surface area contributed by atoms with Gasteiger partial charge in [-0.15, -0.1) is 10.2 Å². The van der Waals surface area contributed by atoms with Crippen molar-refractivity contribution in [1.29, 1.82) is 0 Å². The molecule has 1 aromatic carbocycles. The van der Waals surface area contributed by atoms with Gasteiger partial charge < -0.3 is 25.4 Å². The van der Waals surface area contributed by atoms with Crippen molar-refractivity contribution in [3.05, 3.63) is 41.4 Å². The number of hydrogen-bond donors (Lipinski definition) is 3. The van der Waals surface area contributed by atoms with Gasteiger partial charge in [-0.1, -0.05) is 48.7 Å². The Morgan fingerprint density at radius 2 is 2.00 bits per heavy atom. The molecule has 5 atom stereocenters. The number of carboxylic acid groups (broad SMARTS) is 1. The predicted octanol–water partition coefficient (Wildman–Crippen LogP) is 3.51. The summed E-state index contributed by atoms with van der Waals surface area (Å²) in [5, 5.41) is 28.9. The van der Waals surface area contributed by atoms with Crippen LogP contribution in [0.5, 0.6) is 0 Å². The molecule has 3 N–H and O–H groups in total. The van der Waals surface area contributed by atoms with Gasteiger partial charge in [-0.05, 0) is 63.8 Å². The molecule has 3 heterocycles. The predicted molar refractivity (Wildman–Crippen MR) is 159 cm³/mol. The Labute approximate surface area is 260 Å². The van der Waals surface area contributed by atoms with Crippen molar-refractivity contribution >= 4 is 35.5 Å². The molecule has 1 aromatic heterocycles. The second-order valence-electron chi connectivity index (χ2n) is 12.7. The number of ether oxygens (including phenoxy) is 1. The molecule has 0 spiro atoms. The van der Waals surface area contributed by atoms with Crippen LogP contribution in [0, 0.1) is 5.92 Å². The van der Waals surface area contributed by atoms with Crippen LogP contribution in [0.4, 0.5) is 4.79 Å². The third-order valence-corrected chi connectivity index (χ3v) is 8.40. The largest absolute Gasteiger partial charge is 0.479 e. The molecule has 1 saturated carbocycles. The number of hydrogen-bond acceptors (Lipinski definition) is 8. The zero-order valence-electron chi connectivity index (χ0n) is 25.0. The highest BCUT2D eigenvalue weighted by atomic mass is 35.5. The average molecular weight is 628 g/mol. The molecule has 4 unspecified atom stereocenters. The number of carbonyl (C=O) groups excluding carboxylic acids is 3. The lowest BCUT2D eigenvalue weighted by atomic mass is 10.0. The monoisotopic (exact) mass is 627 g/mol. The minimum Gasteiger partial charge on any atom is -0.479 e. The number of aliphatic carboxylic acids is 1. The van der Waals surface area contributed by atoms with Gasteiger partial charge in [0.25, 0.3) is 0 Å². The van der Waals surface area contributed by atoms with Crippen molar-refractivity contribution < 1.29 is 29.0 Å². The topological polar surface area (TPSA) is 169 Å². The zero-order valence-corrected chi connectivity index (χ0v) is 25.8. The highest BCUT2D eigenvalue weighted by Gasteiger charge is 2.61.